The standard InChI is InChI=1S/C40H32N8O21S2/c49-9-11-67-28-16-26(29(68-12-10-50)15-25(28)43-41-23-7-3-19(39(57)58)13-27(23)69-17-31(51)52)44-45-32-30(70(61,62)63)14-22-21(35(32)53)6-8-24(36(22)71(64,65)66)42-46-33-34(40(59)60)47-48(37(33)54)20-4-1-18(2-5-20)38(55)56/h1-8,13-16,47,49-50,53H,9-12,17H2,(H,51,52)(H,55,56)(H,57,58)(H,59,60)(H,61,62,63)(H,64,65,66). The predicted octanol–water partition coefficient (Wildman–Crippen LogP) is 5.06. The normalized spacial score (nSPS) is 12.0. The van der Waals surface area contributed by atoms with Crippen molar-refractivity contribution < 1.29 is 95.1 Å². The number of nitrogens with one attached hydrogen (secondary N) is 1. The molecule has 6 aromatic rings. The van der Waals surface area contributed by atoms with Crippen LogP contribution in [0.5, 0.6) is 23.0 Å². The summed E-state index contributed by atoms with van der Waals surface area (Å²) in [4.78, 5) is 56.8. The highest BCUT2D eigenvalue weighted by atomic mass is 32.2. The van der Waals surface area contributed by atoms with Crippen molar-refractivity contribution in [3.63, 3.8) is 0 Å². The molecular weight excluding hydrogens is 993 g/mol. The van der Waals surface area contributed by atoms with Crippen molar-refractivity contribution in [2.24, 2.45) is 30.7 Å². The van der Waals surface area contributed by atoms with Gasteiger partial charge in [-0.15, -0.1) is 30.7 Å². The van der Waals surface area contributed by atoms with Gasteiger partial charge in [-0.05, 0) is 60.7 Å². The predicted molar refractivity (Wildman–Crippen MR) is 236 cm³/mol. The Kier molecular flexibility index (Phi) is 15.3. The van der Waals surface area contributed by atoms with Gasteiger partial charge in [0.1, 0.15) is 68.7 Å². The number of phenols is 1. The van der Waals surface area contributed by atoms with Gasteiger partial charge >= 0.3 is 23.9 Å². The lowest BCUT2D eigenvalue weighted by molar-refractivity contribution is -0.139. The maximum Gasteiger partial charge on any atom is 0.356 e. The van der Waals surface area contributed by atoms with Crippen molar-refractivity contribution in [2.75, 3.05) is 33.0 Å². The van der Waals surface area contributed by atoms with E-state index in [1.165, 1.54) is 0 Å². The number of hydrogen-bond donors (Lipinski definition) is 10. The van der Waals surface area contributed by atoms with Gasteiger partial charge in [-0.25, -0.2) is 23.9 Å². The Balaban J connectivity index is 1.48. The molecule has 1 heterocycles. The second-order valence-corrected chi connectivity index (χ2v) is 16.6. The van der Waals surface area contributed by atoms with Gasteiger partial charge in [-0.2, -0.15) is 16.8 Å². The highest BCUT2D eigenvalue weighted by Gasteiger charge is 2.29. The number of carbonyl (C=O) groups is 4. The lowest BCUT2D eigenvalue weighted by Crippen LogP contribution is -2.14. The van der Waals surface area contributed by atoms with Gasteiger partial charge in [-0.1, -0.05) is 0 Å². The quantitative estimate of drug-likeness (QED) is 0.0332. The summed E-state index contributed by atoms with van der Waals surface area (Å²) < 4.78 is 89.3. The molecule has 0 spiro atoms. The first-order valence-corrected chi connectivity index (χ1v) is 22.2. The Morgan fingerprint density at radius 2 is 1.10 bits per heavy atom. The van der Waals surface area contributed by atoms with E-state index in [1.54, 1.807) is 0 Å². The first kappa shape index (κ1) is 51.4. The van der Waals surface area contributed by atoms with Crippen molar-refractivity contribution in [3.8, 4) is 28.7 Å². The Morgan fingerprint density at radius 3 is 1.63 bits per heavy atom. The van der Waals surface area contributed by atoms with Gasteiger partial charge in [0.05, 0.1) is 30.0 Å². The first-order valence-electron chi connectivity index (χ1n) is 19.4. The van der Waals surface area contributed by atoms with Crippen LogP contribution in [-0.2, 0) is 25.0 Å². The number of ether oxygens (including phenoxy) is 3. The zero-order chi connectivity index (χ0) is 51.9. The van der Waals surface area contributed by atoms with Crippen LogP contribution in [0, 0.1) is 0 Å². The summed E-state index contributed by atoms with van der Waals surface area (Å²) >= 11 is 0. The van der Waals surface area contributed by atoms with Gasteiger partial charge in [-0.3, -0.25) is 19.0 Å². The molecule has 370 valence electrons. The van der Waals surface area contributed by atoms with Crippen LogP contribution in [0.15, 0.2) is 118 Å². The SMILES string of the molecule is O=C(O)COc1cc(C(=O)O)ccc1N=Nc1cc(OCCO)c(N=Nc2c(S(=O)(=O)O)cc3c(S(=O)(=O)O)c(N=Nc4c(C(=O)O)[nH]n(-c5ccc(C(=O)O)cc5)c4=O)ccc3c2O)cc1OCCO. The minimum absolute atomic E-state index is 0.0665. The fraction of sp³-hybridized carbons (Fsp3) is 0.125. The number of aromatic carboxylic acids is 3. The molecule has 0 saturated heterocycles. The van der Waals surface area contributed by atoms with Gasteiger partial charge in [0.15, 0.2) is 23.7 Å². The molecule has 0 bridgehead atoms. The molecular formula is C40H32N8O21S2. The zero-order valence-corrected chi connectivity index (χ0v) is 37.0. The van der Waals surface area contributed by atoms with E-state index in [0.717, 1.165) is 66.7 Å². The average molecular weight is 1020 g/mol. The molecule has 0 aliphatic rings. The van der Waals surface area contributed by atoms with Crippen molar-refractivity contribution in [2.45, 2.75) is 9.79 Å². The molecule has 10 N–H and O–H groups in total. The van der Waals surface area contributed by atoms with Crippen molar-refractivity contribution in [1.82, 2.24) is 9.78 Å². The molecule has 0 aliphatic heterocycles. The fourth-order valence-corrected chi connectivity index (χ4v) is 7.64. The third-order valence-electron chi connectivity index (χ3n) is 9.23. The molecule has 1 aromatic heterocycles. The molecule has 0 fully saturated rings. The number of nitrogens with zero attached hydrogens (tertiary/aromatic N) is 7. The number of aliphatic hydroxyl groups excluding tert-OH is 2. The minimum atomic E-state index is -5.56. The molecule has 0 aliphatic carbocycles. The Bertz CT molecular complexity index is 3520. The molecule has 5 aromatic carbocycles. The number of H-pyrrole nitrogens is 1. The van der Waals surface area contributed by atoms with E-state index in [4.69, 9.17) is 19.3 Å². The number of aromatic nitrogens is 2. The van der Waals surface area contributed by atoms with E-state index in [9.17, 15) is 80.6 Å². The number of aliphatic hydroxyl groups is 2. The molecule has 6 rings (SSSR count). The molecule has 31 heteroatoms. The van der Waals surface area contributed by atoms with Gasteiger partial charge < -0.3 is 50.0 Å². The van der Waals surface area contributed by atoms with Crippen LogP contribution >= 0.6 is 0 Å². The number of fused-ring (bicyclic) bond motifs is 1. The second kappa shape index (κ2) is 21.1. The largest absolute Gasteiger partial charge is 0.505 e. The van der Waals surface area contributed by atoms with Gasteiger partial charge in [0, 0.05) is 22.9 Å². The first-order chi connectivity index (χ1) is 33.5. The van der Waals surface area contributed by atoms with E-state index in [-0.39, 0.29) is 45.4 Å². The van der Waals surface area contributed by atoms with E-state index in [2.05, 4.69) is 35.8 Å². The van der Waals surface area contributed by atoms with Crippen LogP contribution in [-0.4, -0.2) is 128 Å². The Morgan fingerprint density at radius 1 is 0.577 bits per heavy atom. The highest BCUT2D eigenvalue weighted by Crippen LogP contribution is 2.47. The maximum atomic E-state index is 13.3. The summed E-state index contributed by atoms with van der Waals surface area (Å²) in [6.07, 6.45) is 0. The van der Waals surface area contributed by atoms with Crippen molar-refractivity contribution >= 4 is 89.0 Å². The molecule has 0 unspecified atom stereocenters. The summed E-state index contributed by atoms with van der Waals surface area (Å²) in [5.41, 5.74) is -6.28. The van der Waals surface area contributed by atoms with E-state index >= 15 is 0 Å². The van der Waals surface area contributed by atoms with E-state index in [1.807, 2.05) is 0 Å². The third kappa shape index (κ3) is 11.6. The second-order valence-electron chi connectivity index (χ2n) is 13.9. The summed E-state index contributed by atoms with van der Waals surface area (Å²) in [5.74, 6) is -7.94. The minimum Gasteiger partial charge on any atom is -0.505 e. The molecule has 71 heavy (non-hydrogen) atoms. The molecule has 0 radical (unpaired) electrons. The number of carboxylic acids is 4. The lowest BCUT2D eigenvalue weighted by atomic mass is 10.1. The fourth-order valence-electron chi connectivity index (χ4n) is 6.17. The highest BCUT2D eigenvalue weighted by molar-refractivity contribution is 7.86. The summed E-state index contributed by atoms with van der Waals surface area (Å²) in [6.45, 7) is -2.90. The average Bonchev–Trinajstić information content (AvgIpc) is 3.65. The number of aliphatic carboxylic acids is 1. The van der Waals surface area contributed by atoms with Gasteiger partial charge in [0.25, 0.3) is 25.8 Å². The topological polar surface area (TPSA) is 458 Å². The van der Waals surface area contributed by atoms with Crippen LogP contribution in [0.4, 0.5) is 34.1 Å². The zero-order valence-electron chi connectivity index (χ0n) is 35.3. The van der Waals surface area contributed by atoms with Gasteiger partial charge in [0.2, 0.25) is 0 Å². The van der Waals surface area contributed by atoms with Crippen LogP contribution < -0.4 is 19.8 Å². The number of benzene rings is 5. The smallest absolute Gasteiger partial charge is 0.356 e. The number of aromatic hydroxyl groups is 1. The van der Waals surface area contributed by atoms with Crippen molar-refractivity contribution in [1.29, 1.82) is 0 Å². The Labute approximate surface area is 395 Å². The number of carboxylic acid groups (broad SMARTS) is 4. The van der Waals surface area contributed by atoms with Crippen molar-refractivity contribution in [3.05, 3.63) is 100.0 Å². The molecule has 0 amide bonds. The summed E-state index contributed by atoms with van der Waals surface area (Å²) in [6, 6.07) is 12.0. The lowest BCUT2D eigenvalue weighted by Gasteiger charge is -2.14. The van der Waals surface area contributed by atoms with E-state index in [0.29, 0.717) is 10.7 Å². The maximum absolute atomic E-state index is 13.3. The summed E-state index contributed by atoms with van der Waals surface area (Å²) in [5, 5.41) is 91.8. The number of phenolic OH excluding ortho intramolecular Hbond substituents is 1. The van der Waals surface area contributed by atoms with E-state index < -0.39 is 137 Å². The summed E-state index contributed by atoms with van der Waals surface area (Å²) in [7, 11) is -11.1. The molecule has 0 atom stereocenters. The molecule has 0 saturated carbocycles. The van der Waals surface area contributed by atoms with Crippen LogP contribution in [0.25, 0.3) is 16.5 Å². The monoisotopic (exact) mass is 1020 g/mol. The number of azo groups is 3. The third-order valence-corrected chi connectivity index (χ3v) is 11.0. The number of rotatable bonds is 21. The number of hydrogen-bond acceptors (Lipinski definition) is 21. The van der Waals surface area contributed by atoms with Crippen LogP contribution in [0.2, 0.25) is 0 Å². The Hall–Kier alpha value is -9.01. The van der Waals surface area contributed by atoms with Crippen LogP contribution in [0.3, 0.4) is 0 Å². The van der Waals surface area contributed by atoms with Crippen LogP contribution in [0.1, 0.15) is 31.2 Å². The number of aromatic amines is 1. The molecule has 29 nitrogen and oxygen atoms in total.